The van der Waals surface area contributed by atoms with E-state index in [1.165, 1.54) is 27.8 Å². The monoisotopic (exact) mass is 534 g/mol. The van der Waals surface area contributed by atoms with Gasteiger partial charge in [0.15, 0.2) is 0 Å². The normalized spacial score (nSPS) is 18.3. The van der Waals surface area contributed by atoms with E-state index in [2.05, 4.69) is 59.8 Å². The third-order valence-electron chi connectivity index (χ3n) is 8.01. The summed E-state index contributed by atoms with van der Waals surface area (Å²) in [5.74, 6) is -0.275. The van der Waals surface area contributed by atoms with E-state index in [9.17, 15) is 19.7 Å². The highest BCUT2D eigenvalue weighted by Gasteiger charge is 2.37. The van der Waals surface area contributed by atoms with E-state index in [1.54, 1.807) is 19.2 Å². The summed E-state index contributed by atoms with van der Waals surface area (Å²) in [5, 5.41) is 19.6. The molecule has 3 heterocycles. The van der Waals surface area contributed by atoms with E-state index in [-0.39, 0.29) is 40.8 Å². The minimum atomic E-state index is -0.389. The first-order chi connectivity index (χ1) is 19.3. The van der Waals surface area contributed by atoms with Gasteiger partial charge in [-0.15, -0.1) is 0 Å². The van der Waals surface area contributed by atoms with Crippen molar-refractivity contribution in [2.75, 3.05) is 18.0 Å². The topological polar surface area (TPSA) is 89.0 Å². The number of aromatic nitrogens is 2. The van der Waals surface area contributed by atoms with Gasteiger partial charge in [0.2, 0.25) is 0 Å². The lowest BCUT2D eigenvalue weighted by Crippen LogP contribution is -2.58. The van der Waals surface area contributed by atoms with Gasteiger partial charge in [0, 0.05) is 32.2 Å². The molecule has 202 valence electrons. The Hall–Kier alpha value is -4.53. The fraction of sp³-hybridized carbons (Fsp3) is 0.312. The van der Waals surface area contributed by atoms with Crippen molar-refractivity contribution in [3.63, 3.8) is 0 Å². The van der Waals surface area contributed by atoms with Crippen LogP contribution in [0, 0.1) is 28.5 Å². The second-order valence-corrected chi connectivity index (χ2v) is 10.4. The number of piperazine rings is 1. The van der Waals surface area contributed by atoms with Crippen molar-refractivity contribution in [2.24, 2.45) is 7.05 Å². The van der Waals surface area contributed by atoms with Crippen LogP contribution in [0.3, 0.4) is 0 Å². The SMILES string of the molecule is CCc1ccccc1C(c1ccc(F)cc1)N1C[C@H](C)N(c2c(C#N)c(=O)n(C)c3ccc(C#N)nc23)C[C@H]1C. The maximum absolute atomic E-state index is 13.9. The van der Waals surface area contributed by atoms with Gasteiger partial charge in [0.05, 0.1) is 17.2 Å². The van der Waals surface area contributed by atoms with Crippen LogP contribution < -0.4 is 10.5 Å². The Balaban J connectivity index is 1.63. The zero-order chi connectivity index (χ0) is 28.6. The summed E-state index contributed by atoms with van der Waals surface area (Å²) in [6, 6.07) is 22.4. The fourth-order valence-corrected chi connectivity index (χ4v) is 5.98. The largest absolute Gasteiger partial charge is 0.363 e. The highest BCUT2D eigenvalue weighted by Crippen LogP contribution is 2.38. The van der Waals surface area contributed by atoms with Gasteiger partial charge in [0.25, 0.3) is 5.56 Å². The molecule has 2 aromatic heterocycles. The Kier molecular flexibility index (Phi) is 7.38. The number of hydrogen-bond acceptors (Lipinski definition) is 6. The van der Waals surface area contributed by atoms with Gasteiger partial charge in [-0.1, -0.05) is 43.3 Å². The number of nitriles is 2. The van der Waals surface area contributed by atoms with Gasteiger partial charge in [0.1, 0.15) is 34.7 Å². The maximum atomic E-state index is 13.9. The highest BCUT2D eigenvalue weighted by molar-refractivity contribution is 5.92. The highest BCUT2D eigenvalue weighted by atomic mass is 19.1. The maximum Gasteiger partial charge on any atom is 0.270 e. The molecule has 7 nitrogen and oxygen atoms in total. The molecule has 0 radical (unpaired) electrons. The quantitative estimate of drug-likeness (QED) is 0.355. The molecule has 0 bridgehead atoms. The number of nitrogens with zero attached hydrogens (tertiary/aromatic N) is 6. The Morgan fingerprint density at radius 3 is 2.40 bits per heavy atom. The third-order valence-corrected chi connectivity index (χ3v) is 8.01. The molecule has 1 aliphatic heterocycles. The average molecular weight is 535 g/mol. The molecule has 1 aliphatic rings. The number of anilines is 1. The molecule has 5 rings (SSSR count). The van der Waals surface area contributed by atoms with Crippen LogP contribution in [0.15, 0.2) is 65.5 Å². The van der Waals surface area contributed by atoms with Crippen molar-refractivity contribution in [2.45, 2.75) is 45.3 Å². The van der Waals surface area contributed by atoms with Gasteiger partial charge >= 0.3 is 0 Å². The molecule has 1 fully saturated rings. The Labute approximate surface area is 233 Å². The summed E-state index contributed by atoms with van der Waals surface area (Å²) < 4.78 is 15.4. The lowest BCUT2D eigenvalue weighted by molar-refractivity contribution is 0.129. The summed E-state index contributed by atoms with van der Waals surface area (Å²) in [6.45, 7) is 7.50. The summed E-state index contributed by atoms with van der Waals surface area (Å²) in [4.78, 5) is 22.3. The molecule has 0 spiro atoms. The van der Waals surface area contributed by atoms with Gasteiger partial charge in [-0.3, -0.25) is 9.69 Å². The standard InChI is InChI=1S/C32H31FN6O/c1-5-22-8-6-7-9-26(22)30(23-10-12-24(33)13-11-23)38-18-21(3)39(19-20(38)2)31-27(17-35)32(40)37(4)28-15-14-25(16-34)36-29(28)31/h6-15,20-21,30H,5,18-19H2,1-4H3/t20-,21+,30?/m1/s1. The Morgan fingerprint density at radius 2 is 1.73 bits per heavy atom. The van der Waals surface area contributed by atoms with Crippen molar-refractivity contribution in [3.05, 3.63) is 105 Å². The lowest BCUT2D eigenvalue weighted by atomic mass is 9.89. The van der Waals surface area contributed by atoms with E-state index in [1.807, 2.05) is 24.3 Å². The van der Waals surface area contributed by atoms with E-state index in [0.717, 1.165) is 12.0 Å². The van der Waals surface area contributed by atoms with Crippen molar-refractivity contribution >= 4 is 16.7 Å². The summed E-state index contributed by atoms with van der Waals surface area (Å²) in [6.07, 6.45) is 0.871. The number of halogens is 1. The van der Waals surface area contributed by atoms with E-state index >= 15 is 0 Å². The van der Waals surface area contributed by atoms with Crippen LogP contribution in [0.25, 0.3) is 11.0 Å². The van der Waals surface area contributed by atoms with Crippen LogP contribution in [-0.4, -0.2) is 39.6 Å². The molecular weight excluding hydrogens is 503 g/mol. The molecule has 4 aromatic rings. The van der Waals surface area contributed by atoms with E-state index in [0.29, 0.717) is 29.8 Å². The smallest absolute Gasteiger partial charge is 0.270 e. The van der Waals surface area contributed by atoms with Crippen LogP contribution in [0.5, 0.6) is 0 Å². The molecule has 40 heavy (non-hydrogen) atoms. The lowest BCUT2D eigenvalue weighted by Gasteiger charge is -2.49. The third kappa shape index (κ3) is 4.61. The van der Waals surface area contributed by atoms with Gasteiger partial charge < -0.3 is 9.47 Å². The van der Waals surface area contributed by atoms with Crippen LogP contribution in [0.4, 0.5) is 10.1 Å². The first-order valence-corrected chi connectivity index (χ1v) is 13.5. The predicted molar refractivity (Wildman–Crippen MR) is 153 cm³/mol. The molecule has 8 heteroatoms. The van der Waals surface area contributed by atoms with Crippen molar-refractivity contribution in [1.29, 1.82) is 10.5 Å². The van der Waals surface area contributed by atoms with Crippen molar-refractivity contribution in [3.8, 4) is 12.1 Å². The zero-order valence-electron chi connectivity index (χ0n) is 23.1. The second kappa shape index (κ2) is 10.9. The predicted octanol–water partition coefficient (Wildman–Crippen LogP) is 5.07. The number of hydrogen-bond donors (Lipinski definition) is 0. The molecule has 0 saturated carbocycles. The Morgan fingerprint density at radius 1 is 1.00 bits per heavy atom. The van der Waals surface area contributed by atoms with Gasteiger partial charge in [-0.05, 0) is 61.2 Å². The molecule has 0 amide bonds. The average Bonchev–Trinajstić information content (AvgIpc) is 2.97. The minimum absolute atomic E-state index is 0.000894. The molecule has 1 saturated heterocycles. The number of benzene rings is 2. The number of pyridine rings is 2. The van der Waals surface area contributed by atoms with E-state index < -0.39 is 0 Å². The van der Waals surface area contributed by atoms with Crippen LogP contribution in [-0.2, 0) is 13.5 Å². The first-order valence-electron chi connectivity index (χ1n) is 13.5. The van der Waals surface area contributed by atoms with Gasteiger partial charge in [-0.2, -0.15) is 10.5 Å². The molecule has 1 unspecified atom stereocenters. The molecule has 0 aliphatic carbocycles. The van der Waals surface area contributed by atoms with Gasteiger partial charge in [-0.25, -0.2) is 9.37 Å². The van der Waals surface area contributed by atoms with Crippen LogP contribution >= 0.6 is 0 Å². The summed E-state index contributed by atoms with van der Waals surface area (Å²) in [5.41, 5.74) is 4.80. The molecular formula is C32H31FN6O. The minimum Gasteiger partial charge on any atom is -0.363 e. The van der Waals surface area contributed by atoms with Crippen molar-refractivity contribution in [1.82, 2.24) is 14.5 Å². The molecule has 2 aromatic carbocycles. The second-order valence-electron chi connectivity index (χ2n) is 10.4. The molecule has 3 atom stereocenters. The van der Waals surface area contributed by atoms with Crippen LogP contribution in [0.1, 0.15) is 54.8 Å². The van der Waals surface area contributed by atoms with Crippen LogP contribution in [0.2, 0.25) is 0 Å². The zero-order valence-corrected chi connectivity index (χ0v) is 23.1. The number of aryl methyl sites for hydroxylation is 2. The summed E-state index contributed by atoms with van der Waals surface area (Å²) >= 11 is 0. The fourth-order valence-electron chi connectivity index (χ4n) is 5.98. The van der Waals surface area contributed by atoms with Crippen molar-refractivity contribution < 1.29 is 4.39 Å². The van der Waals surface area contributed by atoms with E-state index in [4.69, 9.17) is 0 Å². The Bertz CT molecular complexity index is 1720. The number of fused-ring (bicyclic) bond motifs is 1. The summed E-state index contributed by atoms with van der Waals surface area (Å²) in [7, 11) is 1.62. The number of rotatable bonds is 5. The molecule has 0 N–H and O–H groups in total. The first kappa shape index (κ1) is 27.1.